The Kier molecular flexibility index (Phi) is 6.30. The van der Waals surface area contributed by atoms with Crippen LogP contribution in [0.15, 0.2) is 69.6 Å². The Morgan fingerprint density at radius 2 is 1.94 bits per heavy atom. The van der Waals surface area contributed by atoms with E-state index in [1.54, 1.807) is 49.8 Å². The van der Waals surface area contributed by atoms with E-state index in [0.29, 0.717) is 36.9 Å². The molecule has 0 fully saturated rings. The average molecular weight is 469 g/mol. The number of carbonyl (C=O) groups excluding carboxylic acids is 1. The largest absolute Gasteiger partial charge is 0.496 e. The van der Waals surface area contributed by atoms with Gasteiger partial charge in [-0.05, 0) is 43.7 Å². The van der Waals surface area contributed by atoms with Gasteiger partial charge in [-0.1, -0.05) is 53.3 Å². The zero-order valence-corrected chi connectivity index (χ0v) is 19.4. The number of benzene rings is 2. The summed E-state index contributed by atoms with van der Waals surface area (Å²) in [5.41, 5.74) is 2.12. The van der Waals surface area contributed by atoms with Gasteiger partial charge in [-0.15, -0.1) is 0 Å². The molecule has 0 bridgehead atoms. The molecule has 2 aromatic carbocycles. The van der Waals surface area contributed by atoms with Gasteiger partial charge in [0.2, 0.25) is 0 Å². The molecule has 4 rings (SSSR count). The maximum Gasteiger partial charge on any atom is 0.338 e. The van der Waals surface area contributed by atoms with Gasteiger partial charge < -0.3 is 9.47 Å². The molecule has 0 aliphatic carbocycles. The van der Waals surface area contributed by atoms with Crippen molar-refractivity contribution in [1.29, 1.82) is 0 Å². The van der Waals surface area contributed by atoms with Crippen LogP contribution in [0.3, 0.4) is 0 Å². The fourth-order valence-electron chi connectivity index (χ4n) is 3.69. The van der Waals surface area contributed by atoms with Crippen LogP contribution in [0, 0.1) is 0 Å². The second-order valence-electron chi connectivity index (χ2n) is 7.10. The van der Waals surface area contributed by atoms with Crippen LogP contribution in [0.1, 0.15) is 31.0 Å². The predicted molar refractivity (Wildman–Crippen MR) is 125 cm³/mol. The number of methoxy groups -OCH3 is 1. The number of aromatic nitrogens is 1. The van der Waals surface area contributed by atoms with Crippen LogP contribution in [-0.4, -0.2) is 24.3 Å². The Balaban J connectivity index is 1.98. The van der Waals surface area contributed by atoms with Gasteiger partial charge in [0.25, 0.3) is 5.56 Å². The number of halogens is 1. The quantitative estimate of drug-likeness (QED) is 0.538. The first-order valence-electron chi connectivity index (χ1n) is 10.0. The second-order valence-corrected chi connectivity index (χ2v) is 8.54. The summed E-state index contributed by atoms with van der Waals surface area (Å²) in [5.74, 6) is 0.0675. The first kappa shape index (κ1) is 22.0. The molecular formula is C24H21ClN2O4S. The molecule has 8 heteroatoms. The minimum Gasteiger partial charge on any atom is -0.496 e. The van der Waals surface area contributed by atoms with E-state index in [2.05, 4.69) is 4.99 Å². The van der Waals surface area contributed by atoms with Crippen molar-refractivity contribution < 1.29 is 14.3 Å². The maximum atomic E-state index is 13.5. The Morgan fingerprint density at radius 3 is 2.62 bits per heavy atom. The van der Waals surface area contributed by atoms with Gasteiger partial charge in [-0.3, -0.25) is 9.36 Å². The van der Waals surface area contributed by atoms with E-state index in [-0.39, 0.29) is 12.2 Å². The minimum atomic E-state index is -0.714. The molecule has 1 unspecified atom stereocenters. The highest BCUT2D eigenvalue weighted by molar-refractivity contribution is 7.07. The van der Waals surface area contributed by atoms with Gasteiger partial charge in [0.05, 0.1) is 29.5 Å². The summed E-state index contributed by atoms with van der Waals surface area (Å²) in [6.07, 6.45) is 1.79. The molecule has 1 atom stereocenters. The van der Waals surface area contributed by atoms with Crippen LogP contribution >= 0.6 is 22.9 Å². The van der Waals surface area contributed by atoms with Crippen molar-refractivity contribution in [2.24, 2.45) is 4.99 Å². The average Bonchev–Trinajstić information content (AvgIpc) is 3.09. The first-order valence-corrected chi connectivity index (χ1v) is 11.2. The third-order valence-corrected chi connectivity index (χ3v) is 6.35. The summed E-state index contributed by atoms with van der Waals surface area (Å²) in [6.45, 7) is 3.72. The Bertz CT molecular complexity index is 1390. The Morgan fingerprint density at radius 1 is 1.22 bits per heavy atom. The number of allylic oxidation sites excluding steroid dienone is 1. The highest BCUT2D eigenvalue weighted by atomic mass is 35.5. The lowest BCUT2D eigenvalue weighted by molar-refractivity contribution is -0.139. The number of hydrogen-bond donors (Lipinski definition) is 0. The summed E-state index contributed by atoms with van der Waals surface area (Å²) < 4.78 is 12.9. The van der Waals surface area contributed by atoms with Gasteiger partial charge >= 0.3 is 5.97 Å². The molecule has 0 N–H and O–H groups in total. The molecule has 164 valence electrons. The standard InChI is InChI=1S/C24H21ClN2O4S/c1-4-31-23(29)20-14(2)26-24-27(21(20)17-7-5-6-8-18(17)30-3)22(28)19(32-24)13-15-9-11-16(25)12-10-15/h5-13,21H,4H2,1-3H3/b19-13+. The molecule has 1 aromatic heterocycles. The van der Waals surface area contributed by atoms with Crippen molar-refractivity contribution in [3.63, 3.8) is 0 Å². The molecule has 0 saturated carbocycles. The van der Waals surface area contributed by atoms with Crippen LogP contribution < -0.4 is 19.6 Å². The van der Waals surface area contributed by atoms with Crippen molar-refractivity contribution >= 4 is 35.0 Å². The van der Waals surface area contributed by atoms with Crippen molar-refractivity contribution in [3.05, 3.63) is 95.6 Å². The zero-order chi connectivity index (χ0) is 22.8. The third-order valence-electron chi connectivity index (χ3n) is 5.12. The number of fused-ring (bicyclic) bond motifs is 1. The number of carbonyl (C=O) groups is 1. The van der Waals surface area contributed by atoms with Gasteiger partial charge in [-0.25, -0.2) is 9.79 Å². The lowest BCUT2D eigenvalue weighted by atomic mass is 9.95. The Hall–Kier alpha value is -3.16. The zero-order valence-electron chi connectivity index (χ0n) is 17.8. The lowest BCUT2D eigenvalue weighted by Gasteiger charge is -2.25. The SMILES string of the molecule is CCOC(=O)C1=C(C)N=c2s/c(=C/c3ccc(Cl)cc3)c(=O)n2C1c1ccccc1OC. The van der Waals surface area contributed by atoms with E-state index in [4.69, 9.17) is 21.1 Å². The third kappa shape index (κ3) is 4.01. The number of nitrogens with zero attached hydrogens (tertiary/aromatic N) is 2. The molecule has 0 spiro atoms. The van der Waals surface area contributed by atoms with Crippen molar-refractivity contribution in [1.82, 2.24) is 4.57 Å². The topological polar surface area (TPSA) is 69.9 Å². The van der Waals surface area contributed by atoms with Crippen molar-refractivity contribution in [2.45, 2.75) is 19.9 Å². The minimum absolute atomic E-state index is 0.218. The number of para-hydroxylation sites is 1. The molecule has 1 aliphatic heterocycles. The highest BCUT2D eigenvalue weighted by Crippen LogP contribution is 2.35. The second kappa shape index (κ2) is 9.14. The predicted octanol–water partition coefficient (Wildman–Crippen LogP) is 3.46. The van der Waals surface area contributed by atoms with Crippen LogP contribution in [0.2, 0.25) is 5.02 Å². The van der Waals surface area contributed by atoms with Gasteiger partial charge in [0, 0.05) is 10.6 Å². The number of rotatable bonds is 5. The van der Waals surface area contributed by atoms with Crippen LogP contribution in [0.25, 0.3) is 6.08 Å². The Labute approximate surface area is 193 Å². The fourth-order valence-corrected chi connectivity index (χ4v) is 4.86. The monoisotopic (exact) mass is 468 g/mol. The molecule has 0 radical (unpaired) electrons. The molecule has 2 heterocycles. The van der Waals surface area contributed by atoms with Gasteiger partial charge in [-0.2, -0.15) is 0 Å². The van der Waals surface area contributed by atoms with E-state index in [1.165, 1.54) is 11.3 Å². The van der Waals surface area contributed by atoms with Gasteiger partial charge in [0.1, 0.15) is 11.8 Å². The molecule has 3 aromatic rings. The summed E-state index contributed by atoms with van der Waals surface area (Å²) >= 11 is 7.25. The number of thiazole rings is 1. The molecule has 0 amide bonds. The summed E-state index contributed by atoms with van der Waals surface area (Å²) in [6, 6.07) is 13.8. The maximum absolute atomic E-state index is 13.5. The summed E-state index contributed by atoms with van der Waals surface area (Å²) in [4.78, 5) is 31.6. The van der Waals surface area contributed by atoms with E-state index >= 15 is 0 Å². The van der Waals surface area contributed by atoms with Gasteiger partial charge in [0.15, 0.2) is 4.80 Å². The molecular weight excluding hydrogens is 448 g/mol. The smallest absolute Gasteiger partial charge is 0.338 e. The highest BCUT2D eigenvalue weighted by Gasteiger charge is 2.34. The van der Waals surface area contributed by atoms with Crippen molar-refractivity contribution in [3.8, 4) is 5.75 Å². The number of ether oxygens (including phenoxy) is 2. The molecule has 32 heavy (non-hydrogen) atoms. The number of hydrogen-bond acceptors (Lipinski definition) is 6. The normalized spacial score (nSPS) is 15.9. The van der Waals surface area contributed by atoms with Crippen LogP contribution in [0.4, 0.5) is 0 Å². The lowest BCUT2D eigenvalue weighted by Crippen LogP contribution is -2.40. The summed E-state index contributed by atoms with van der Waals surface area (Å²) in [7, 11) is 1.56. The first-order chi connectivity index (χ1) is 15.4. The fraction of sp³-hybridized carbons (Fsp3) is 0.208. The van der Waals surface area contributed by atoms with Crippen LogP contribution in [-0.2, 0) is 9.53 Å². The van der Waals surface area contributed by atoms with E-state index in [0.717, 1.165) is 5.56 Å². The molecule has 1 aliphatic rings. The summed E-state index contributed by atoms with van der Waals surface area (Å²) in [5, 5.41) is 0.620. The van der Waals surface area contributed by atoms with Crippen molar-refractivity contribution in [2.75, 3.05) is 13.7 Å². The van der Waals surface area contributed by atoms with E-state index in [9.17, 15) is 9.59 Å². The molecule has 0 saturated heterocycles. The van der Waals surface area contributed by atoms with E-state index < -0.39 is 12.0 Å². The number of esters is 1. The van der Waals surface area contributed by atoms with E-state index in [1.807, 2.05) is 30.3 Å². The molecule has 6 nitrogen and oxygen atoms in total. The van der Waals surface area contributed by atoms with Crippen LogP contribution in [0.5, 0.6) is 5.75 Å².